The number of amides is 1. The number of nitriles is 1. The summed E-state index contributed by atoms with van der Waals surface area (Å²) in [6.45, 7) is 3.20. The van der Waals surface area contributed by atoms with Crippen molar-refractivity contribution in [3.05, 3.63) is 53.6 Å². The van der Waals surface area contributed by atoms with Gasteiger partial charge in [-0.2, -0.15) is 5.26 Å². The Balaban J connectivity index is 1.95. The number of esters is 1. The predicted octanol–water partition coefficient (Wildman–Crippen LogP) is 1.84. The van der Waals surface area contributed by atoms with Crippen molar-refractivity contribution >= 4 is 17.6 Å². The van der Waals surface area contributed by atoms with Crippen LogP contribution >= 0.6 is 0 Å². The van der Waals surface area contributed by atoms with Crippen LogP contribution in [0.25, 0.3) is 0 Å². The highest BCUT2D eigenvalue weighted by atomic mass is 16.5. The van der Waals surface area contributed by atoms with Gasteiger partial charge in [0.15, 0.2) is 11.8 Å². The molecule has 0 aliphatic rings. The fourth-order valence-corrected chi connectivity index (χ4v) is 1.64. The lowest BCUT2D eigenvalue weighted by molar-refractivity contribution is -0.123. The fourth-order valence-electron chi connectivity index (χ4n) is 1.64. The van der Waals surface area contributed by atoms with E-state index in [4.69, 9.17) is 10.00 Å². The molecule has 1 aromatic carbocycles. The lowest BCUT2D eigenvalue weighted by atomic mass is 10.2. The molecule has 0 aliphatic carbocycles. The SMILES string of the molecule is Cc1cnc(C(=O)O[C@@H](C)C(=O)Nc2ccc(C#N)cc2)cn1. The number of hydrogen-bond donors (Lipinski definition) is 1. The molecule has 0 saturated heterocycles. The summed E-state index contributed by atoms with van der Waals surface area (Å²) in [5.74, 6) is -1.21. The minimum Gasteiger partial charge on any atom is -0.448 e. The Bertz CT molecular complexity index is 748. The van der Waals surface area contributed by atoms with Crippen molar-refractivity contribution in [2.24, 2.45) is 0 Å². The molecule has 116 valence electrons. The second-order valence-corrected chi connectivity index (χ2v) is 4.77. The standard InChI is InChI=1S/C16H14N4O3/c1-10-8-19-14(9-18-10)16(22)23-11(2)15(21)20-13-5-3-12(7-17)4-6-13/h3-6,8-9,11H,1-2H3,(H,20,21)/t11-/m0/s1. The Hall–Kier alpha value is -3.27. The van der Waals surface area contributed by atoms with Crippen LogP contribution in [0.2, 0.25) is 0 Å². The molecule has 0 unspecified atom stereocenters. The van der Waals surface area contributed by atoms with E-state index < -0.39 is 18.0 Å². The summed E-state index contributed by atoms with van der Waals surface area (Å²) in [7, 11) is 0. The lowest BCUT2D eigenvalue weighted by Gasteiger charge is -2.13. The molecule has 1 heterocycles. The largest absolute Gasteiger partial charge is 0.448 e. The first-order valence-electron chi connectivity index (χ1n) is 6.80. The maximum Gasteiger partial charge on any atom is 0.359 e. The molecule has 1 aromatic heterocycles. The zero-order valence-electron chi connectivity index (χ0n) is 12.6. The summed E-state index contributed by atoms with van der Waals surface area (Å²) in [6, 6.07) is 8.33. The highest BCUT2D eigenvalue weighted by Gasteiger charge is 2.20. The maximum absolute atomic E-state index is 12.0. The number of rotatable bonds is 4. The van der Waals surface area contributed by atoms with Crippen molar-refractivity contribution < 1.29 is 14.3 Å². The van der Waals surface area contributed by atoms with E-state index in [1.165, 1.54) is 19.3 Å². The van der Waals surface area contributed by atoms with Gasteiger partial charge in [-0.1, -0.05) is 0 Å². The van der Waals surface area contributed by atoms with E-state index in [0.717, 1.165) is 0 Å². The third kappa shape index (κ3) is 4.35. The monoisotopic (exact) mass is 310 g/mol. The van der Waals surface area contributed by atoms with Gasteiger partial charge in [-0.3, -0.25) is 9.78 Å². The molecule has 0 fully saturated rings. The van der Waals surface area contributed by atoms with Gasteiger partial charge in [0.05, 0.1) is 23.5 Å². The predicted molar refractivity (Wildman–Crippen MR) is 81.4 cm³/mol. The van der Waals surface area contributed by atoms with Gasteiger partial charge in [0.1, 0.15) is 0 Å². The summed E-state index contributed by atoms with van der Waals surface area (Å²) in [5, 5.41) is 11.3. The van der Waals surface area contributed by atoms with E-state index in [0.29, 0.717) is 16.9 Å². The van der Waals surface area contributed by atoms with E-state index >= 15 is 0 Å². The zero-order chi connectivity index (χ0) is 16.8. The van der Waals surface area contributed by atoms with Crippen molar-refractivity contribution in [3.8, 4) is 6.07 Å². The number of benzene rings is 1. The van der Waals surface area contributed by atoms with E-state index in [2.05, 4.69) is 15.3 Å². The number of aromatic nitrogens is 2. The topological polar surface area (TPSA) is 105 Å². The molecule has 2 rings (SSSR count). The van der Waals surface area contributed by atoms with Crippen LogP contribution in [-0.4, -0.2) is 27.9 Å². The van der Waals surface area contributed by atoms with E-state index in [1.54, 1.807) is 31.2 Å². The molecule has 23 heavy (non-hydrogen) atoms. The zero-order valence-corrected chi connectivity index (χ0v) is 12.6. The Labute approximate surface area is 132 Å². The first-order valence-corrected chi connectivity index (χ1v) is 6.80. The van der Waals surface area contributed by atoms with Gasteiger partial charge in [-0.15, -0.1) is 0 Å². The quantitative estimate of drug-likeness (QED) is 0.864. The van der Waals surface area contributed by atoms with Crippen molar-refractivity contribution in [1.29, 1.82) is 5.26 Å². The molecule has 0 aliphatic heterocycles. The van der Waals surface area contributed by atoms with Crippen LogP contribution in [-0.2, 0) is 9.53 Å². The Morgan fingerprint density at radius 3 is 2.48 bits per heavy atom. The number of aryl methyl sites for hydroxylation is 1. The van der Waals surface area contributed by atoms with Crippen molar-refractivity contribution in [3.63, 3.8) is 0 Å². The van der Waals surface area contributed by atoms with Gasteiger partial charge in [0.25, 0.3) is 5.91 Å². The third-order valence-corrected chi connectivity index (χ3v) is 2.92. The van der Waals surface area contributed by atoms with E-state index in [9.17, 15) is 9.59 Å². The maximum atomic E-state index is 12.0. The molecule has 7 nitrogen and oxygen atoms in total. The lowest BCUT2D eigenvalue weighted by Crippen LogP contribution is -2.30. The number of ether oxygens (including phenoxy) is 1. The Morgan fingerprint density at radius 1 is 1.22 bits per heavy atom. The normalized spacial score (nSPS) is 11.2. The van der Waals surface area contributed by atoms with Crippen molar-refractivity contribution in [2.75, 3.05) is 5.32 Å². The van der Waals surface area contributed by atoms with Crippen molar-refractivity contribution in [1.82, 2.24) is 9.97 Å². The van der Waals surface area contributed by atoms with Crippen LogP contribution in [0.4, 0.5) is 5.69 Å². The van der Waals surface area contributed by atoms with Crippen LogP contribution in [0.15, 0.2) is 36.7 Å². The Morgan fingerprint density at radius 2 is 1.91 bits per heavy atom. The van der Waals surface area contributed by atoms with Crippen LogP contribution in [0.3, 0.4) is 0 Å². The summed E-state index contributed by atoms with van der Waals surface area (Å²) >= 11 is 0. The highest BCUT2D eigenvalue weighted by molar-refractivity contribution is 5.96. The molecule has 1 amide bonds. The average Bonchev–Trinajstić information content (AvgIpc) is 2.56. The molecular formula is C16H14N4O3. The van der Waals surface area contributed by atoms with E-state index in [1.807, 2.05) is 6.07 Å². The minimum absolute atomic E-state index is 0.0358. The third-order valence-electron chi connectivity index (χ3n) is 2.92. The number of hydrogen-bond acceptors (Lipinski definition) is 6. The summed E-state index contributed by atoms with van der Waals surface area (Å²) < 4.78 is 5.05. The van der Waals surface area contributed by atoms with Gasteiger partial charge < -0.3 is 10.1 Å². The number of nitrogens with zero attached hydrogens (tertiary/aromatic N) is 3. The molecule has 0 saturated carbocycles. The summed E-state index contributed by atoms with van der Waals surface area (Å²) in [4.78, 5) is 31.7. The highest BCUT2D eigenvalue weighted by Crippen LogP contribution is 2.10. The first kappa shape index (κ1) is 16.1. The number of carbonyl (C=O) groups excluding carboxylic acids is 2. The van der Waals surface area contributed by atoms with Crippen molar-refractivity contribution in [2.45, 2.75) is 20.0 Å². The molecule has 2 aromatic rings. The van der Waals surface area contributed by atoms with E-state index in [-0.39, 0.29) is 5.69 Å². The second-order valence-electron chi connectivity index (χ2n) is 4.77. The molecule has 0 spiro atoms. The average molecular weight is 310 g/mol. The minimum atomic E-state index is -0.999. The molecular weight excluding hydrogens is 296 g/mol. The van der Waals surface area contributed by atoms with Gasteiger partial charge in [-0.25, -0.2) is 9.78 Å². The van der Waals surface area contributed by atoms with Gasteiger partial charge in [-0.05, 0) is 38.1 Å². The number of nitrogens with one attached hydrogen (secondary N) is 1. The van der Waals surface area contributed by atoms with Crippen LogP contribution in [0, 0.1) is 18.3 Å². The molecule has 0 radical (unpaired) electrons. The summed E-state index contributed by atoms with van der Waals surface area (Å²) in [6.07, 6.45) is 1.74. The van der Waals surface area contributed by atoms with Crippen LogP contribution < -0.4 is 5.32 Å². The smallest absolute Gasteiger partial charge is 0.359 e. The number of carbonyl (C=O) groups is 2. The van der Waals surface area contributed by atoms with Gasteiger partial charge in [0, 0.05) is 11.9 Å². The van der Waals surface area contributed by atoms with Gasteiger partial charge in [0.2, 0.25) is 0 Å². The second kappa shape index (κ2) is 7.13. The molecule has 1 N–H and O–H groups in total. The molecule has 1 atom stereocenters. The Kier molecular flexibility index (Phi) is 5.00. The molecule has 0 bridgehead atoms. The fraction of sp³-hybridized carbons (Fsp3) is 0.188. The van der Waals surface area contributed by atoms with Gasteiger partial charge >= 0.3 is 5.97 Å². The first-order chi connectivity index (χ1) is 11.0. The van der Waals surface area contributed by atoms with Crippen LogP contribution in [0.5, 0.6) is 0 Å². The number of anilines is 1. The summed E-state index contributed by atoms with van der Waals surface area (Å²) in [5.41, 5.74) is 1.70. The molecule has 7 heteroatoms. The van der Waals surface area contributed by atoms with Crippen LogP contribution in [0.1, 0.15) is 28.7 Å².